The Labute approximate surface area is 166 Å². The van der Waals surface area contributed by atoms with Crippen molar-refractivity contribution in [2.24, 2.45) is 0 Å². The second-order valence-electron chi connectivity index (χ2n) is 8.09. The molecule has 1 aliphatic rings. The third kappa shape index (κ3) is 3.19. The highest BCUT2D eigenvalue weighted by Crippen LogP contribution is 2.39. The Morgan fingerprint density at radius 1 is 1.00 bits per heavy atom. The molecule has 0 unspecified atom stereocenters. The Bertz CT molecular complexity index is 1060. The molecule has 3 nitrogen and oxygen atoms in total. The van der Waals surface area contributed by atoms with Gasteiger partial charge in [-0.3, -0.25) is 9.78 Å². The number of pyridine rings is 1. The quantitative estimate of drug-likeness (QED) is 0.597. The maximum absolute atomic E-state index is 11.7. The molecule has 3 aromatic rings. The van der Waals surface area contributed by atoms with Crippen LogP contribution in [0.5, 0.6) is 0 Å². The topological polar surface area (TPSA) is 50.2 Å². The third-order valence-corrected chi connectivity index (χ3v) is 6.18. The molecule has 1 N–H and O–H groups in total. The van der Waals surface area contributed by atoms with Gasteiger partial charge in [0.05, 0.1) is 11.9 Å². The van der Waals surface area contributed by atoms with Gasteiger partial charge in [-0.05, 0) is 85.4 Å². The molecule has 0 saturated carbocycles. The van der Waals surface area contributed by atoms with Crippen LogP contribution in [0.2, 0.25) is 0 Å². The van der Waals surface area contributed by atoms with Crippen LogP contribution in [0.3, 0.4) is 0 Å². The summed E-state index contributed by atoms with van der Waals surface area (Å²) in [5, 5.41) is 10.8. The number of carboxylic acid groups (broad SMARTS) is 1. The Hall–Kier alpha value is -2.68. The van der Waals surface area contributed by atoms with E-state index in [1.165, 1.54) is 46.9 Å². The first kappa shape index (κ1) is 18.7. The number of hydrogen-bond acceptors (Lipinski definition) is 2. The van der Waals surface area contributed by atoms with Crippen LogP contribution >= 0.6 is 0 Å². The average Bonchev–Trinajstić information content (AvgIpc) is 2.91. The molecule has 0 spiro atoms. The lowest BCUT2D eigenvalue weighted by atomic mass is 9.84. The third-order valence-electron chi connectivity index (χ3n) is 6.18. The van der Waals surface area contributed by atoms with Crippen LogP contribution in [0.25, 0.3) is 22.0 Å². The summed E-state index contributed by atoms with van der Waals surface area (Å²) in [6.07, 6.45) is 7.92. The van der Waals surface area contributed by atoms with Crippen molar-refractivity contribution < 1.29 is 9.90 Å². The minimum atomic E-state index is -0.801. The van der Waals surface area contributed by atoms with Gasteiger partial charge in [0.2, 0.25) is 0 Å². The Morgan fingerprint density at radius 2 is 1.71 bits per heavy atom. The lowest BCUT2D eigenvalue weighted by Crippen LogP contribution is -2.08. The monoisotopic (exact) mass is 373 g/mol. The van der Waals surface area contributed by atoms with E-state index in [-0.39, 0.29) is 6.42 Å². The molecule has 0 saturated heterocycles. The SMILES string of the molecule is Cc1ccc(-c2c(CC(=O)O)c(C)c3ncc4c(c3c2C)CCCCC4)cc1. The van der Waals surface area contributed by atoms with Crippen molar-refractivity contribution in [2.75, 3.05) is 0 Å². The molecule has 0 radical (unpaired) electrons. The van der Waals surface area contributed by atoms with Crippen LogP contribution in [-0.4, -0.2) is 16.1 Å². The van der Waals surface area contributed by atoms with E-state index >= 15 is 0 Å². The maximum Gasteiger partial charge on any atom is 0.307 e. The summed E-state index contributed by atoms with van der Waals surface area (Å²) < 4.78 is 0. The fraction of sp³-hybridized carbons (Fsp3) is 0.360. The van der Waals surface area contributed by atoms with Crippen molar-refractivity contribution in [1.29, 1.82) is 0 Å². The normalized spacial score (nSPS) is 14.0. The van der Waals surface area contributed by atoms with E-state index in [2.05, 4.69) is 38.1 Å². The average molecular weight is 373 g/mol. The summed E-state index contributed by atoms with van der Waals surface area (Å²) >= 11 is 0. The molecule has 2 aromatic carbocycles. The van der Waals surface area contributed by atoms with Gasteiger partial charge in [-0.25, -0.2) is 0 Å². The van der Waals surface area contributed by atoms with Gasteiger partial charge in [-0.15, -0.1) is 0 Å². The summed E-state index contributed by atoms with van der Waals surface area (Å²) in [5.74, 6) is -0.801. The predicted molar refractivity (Wildman–Crippen MR) is 114 cm³/mol. The van der Waals surface area contributed by atoms with Crippen LogP contribution in [-0.2, 0) is 24.1 Å². The van der Waals surface area contributed by atoms with Crippen molar-refractivity contribution in [1.82, 2.24) is 4.98 Å². The number of aromatic nitrogens is 1. The molecular weight excluding hydrogens is 346 g/mol. The number of aliphatic carboxylic acids is 1. The van der Waals surface area contributed by atoms with E-state index in [1.807, 2.05) is 13.1 Å². The van der Waals surface area contributed by atoms with Gasteiger partial charge >= 0.3 is 5.97 Å². The highest BCUT2D eigenvalue weighted by molar-refractivity contribution is 5.97. The van der Waals surface area contributed by atoms with Crippen molar-refractivity contribution in [3.63, 3.8) is 0 Å². The zero-order chi connectivity index (χ0) is 19.8. The lowest BCUT2D eigenvalue weighted by Gasteiger charge is -2.21. The van der Waals surface area contributed by atoms with E-state index < -0.39 is 5.97 Å². The largest absolute Gasteiger partial charge is 0.481 e. The number of aryl methyl sites for hydroxylation is 5. The first-order valence-electron chi connectivity index (χ1n) is 10.2. The number of benzene rings is 2. The number of fused-ring (bicyclic) bond motifs is 3. The molecule has 0 fully saturated rings. The number of rotatable bonds is 3. The second kappa shape index (κ2) is 7.38. The molecule has 0 bridgehead atoms. The van der Waals surface area contributed by atoms with E-state index in [4.69, 9.17) is 4.98 Å². The summed E-state index contributed by atoms with van der Waals surface area (Å²) in [6, 6.07) is 8.43. The van der Waals surface area contributed by atoms with Gasteiger partial charge in [0, 0.05) is 11.6 Å². The lowest BCUT2D eigenvalue weighted by molar-refractivity contribution is -0.136. The summed E-state index contributed by atoms with van der Waals surface area (Å²) in [4.78, 5) is 16.5. The van der Waals surface area contributed by atoms with Gasteiger partial charge in [0.1, 0.15) is 0 Å². The zero-order valence-corrected chi connectivity index (χ0v) is 16.9. The van der Waals surface area contributed by atoms with E-state index in [0.29, 0.717) is 0 Å². The van der Waals surface area contributed by atoms with E-state index in [9.17, 15) is 9.90 Å². The van der Waals surface area contributed by atoms with E-state index in [0.717, 1.165) is 40.6 Å². The molecule has 0 atom stereocenters. The fourth-order valence-electron chi connectivity index (χ4n) is 4.74. The second-order valence-corrected chi connectivity index (χ2v) is 8.09. The number of carboxylic acids is 1. The molecule has 4 rings (SSSR count). The standard InChI is InChI=1S/C25H27NO2/c1-15-9-11-18(12-10-15)23-17(3)24-20-8-6-4-5-7-19(20)14-26-25(24)16(2)21(23)13-22(27)28/h9-12,14H,4-8,13H2,1-3H3,(H,27,28). The highest BCUT2D eigenvalue weighted by atomic mass is 16.4. The van der Waals surface area contributed by atoms with Crippen molar-refractivity contribution in [3.05, 3.63) is 63.8 Å². The number of hydrogen-bond donors (Lipinski definition) is 1. The Morgan fingerprint density at radius 3 is 2.43 bits per heavy atom. The van der Waals surface area contributed by atoms with Gasteiger partial charge in [0.25, 0.3) is 0 Å². The van der Waals surface area contributed by atoms with E-state index in [1.54, 1.807) is 0 Å². The fourth-order valence-corrected chi connectivity index (χ4v) is 4.74. The summed E-state index contributed by atoms with van der Waals surface area (Å²) in [6.45, 7) is 6.26. The van der Waals surface area contributed by atoms with Crippen LogP contribution in [0.4, 0.5) is 0 Å². The van der Waals surface area contributed by atoms with Crippen LogP contribution in [0.1, 0.15) is 52.6 Å². The van der Waals surface area contributed by atoms with Crippen molar-refractivity contribution >= 4 is 16.9 Å². The molecule has 0 amide bonds. The highest BCUT2D eigenvalue weighted by Gasteiger charge is 2.22. The zero-order valence-electron chi connectivity index (χ0n) is 16.9. The van der Waals surface area contributed by atoms with Gasteiger partial charge < -0.3 is 5.11 Å². The number of nitrogens with zero attached hydrogens (tertiary/aromatic N) is 1. The molecule has 1 aromatic heterocycles. The minimum Gasteiger partial charge on any atom is -0.481 e. The Balaban J connectivity index is 2.09. The van der Waals surface area contributed by atoms with Gasteiger partial charge in [-0.2, -0.15) is 0 Å². The molecular formula is C25H27NO2. The van der Waals surface area contributed by atoms with Crippen molar-refractivity contribution in [3.8, 4) is 11.1 Å². The first-order valence-corrected chi connectivity index (χ1v) is 10.2. The van der Waals surface area contributed by atoms with Crippen molar-refractivity contribution in [2.45, 2.75) is 59.3 Å². The molecule has 144 valence electrons. The molecule has 1 aliphatic carbocycles. The first-order chi connectivity index (χ1) is 13.5. The summed E-state index contributed by atoms with van der Waals surface area (Å²) in [5.41, 5.74) is 10.2. The van der Waals surface area contributed by atoms with Crippen LogP contribution in [0, 0.1) is 20.8 Å². The molecule has 1 heterocycles. The van der Waals surface area contributed by atoms with Crippen LogP contribution in [0.15, 0.2) is 30.5 Å². The summed E-state index contributed by atoms with van der Waals surface area (Å²) in [7, 11) is 0. The smallest absolute Gasteiger partial charge is 0.307 e. The molecule has 28 heavy (non-hydrogen) atoms. The molecule has 0 aliphatic heterocycles. The van der Waals surface area contributed by atoms with Gasteiger partial charge in [0.15, 0.2) is 0 Å². The minimum absolute atomic E-state index is 0.0184. The predicted octanol–water partition coefficient (Wildman–Crippen LogP) is 5.72. The number of carbonyl (C=O) groups is 1. The Kier molecular flexibility index (Phi) is 4.92. The maximum atomic E-state index is 11.7. The molecule has 3 heteroatoms. The van der Waals surface area contributed by atoms with Crippen LogP contribution < -0.4 is 0 Å². The van der Waals surface area contributed by atoms with Gasteiger partial charge in [-0.1, -0.05) is 36.2 Å².